The molecule has 0 saturated carbocycles. The molecule has 0 bridgehead atoms. The van der Waals surface area contributed by atoms with E-state index < -0.39 is 0 Å². The smallest absolute Gasteiger partial charge is 0.0747 e. The molecule has 8 nitrogen and oxygen atoms in total. The zero-order valence-electron chi connectivity index (χ0n) is 9.55. The molecule has 0 aliphatic carbocycles. The van der Waals surface area contributed by atoms with Crippen molar-refractivity contribution in [3.8, 4) is 0 Å². The molecule has 96 valence electrons. The van der Waals surface area contributed by atoms with E-state index in [2.05, 4.69) is 24.9 Å². The van der Waals surface area contributed by atoms with Gasteiger partial charge < -0.3 is 20.4 Å². The van der Waals surface area contributed by atoms with Crippen molar-refractivity contribution in [1.29, 1.82) is 0 Å². The zero-order chi connectivity index (χ0) is 12.1. The van der Waals surface area contributed by atoms with E-state index in [0.29, 0.717) is 19.8 Å². The molecule has 8 heteroatoms. The first-order chi connectivity index (χ1) is 7.85. The lowest BCUT2D eigenvalue weighted by Crippen LogP contribution is -2.30. The van der Waals surface area contributed by atoms with Crippen LogP contribution in [-0.2, 0) is 9.68 Å². The Morgan fingerprint density at radius 1 is 0.938 bits per heavy atom. The molecule has 0 aliphatic heterocycles. The van der Waals surface area contributed by atoms with E-state index in [1.165, 1.54) is 0 Å². The maximum Gasteiger partial charge on any atom is 0.0747 e. The number of nitrogens with two attached hydrogens (primary N) is 3. The molecule has 6 N–H and O–H groups in total. The van der Waals surface area contributed by atoms with Crippen LogP contribution >= 0.6 is 0 Å². The van der Waals surface area contributed by atoms with E-state index in [0.717, 1.165) is 32.5 Å². The molecule has 0 rings (SSSR count). The van der Waals surface area contributed by atoms with E-state index in [-0.39, 0.29) is 0 Å². The predicted octanol–water partition coefficient (Wildman–Crippen LogP) is -0.825. The molecule has 16 heavy (non-hydrogen) atoms. The van der Waals surface area contributed by atoms with Crippen LogP contribution in [-0.4, -0.2) is 44.3 Å². The minimum Gasteiger partial charge on any atom is -0.305 e. The van der Waals surface area contributed by atoms with E-state index in [1.54, 1.807) is 0 Å². The van der Waals surface area contributed by atoms with Crippen molar-refractivity contribution in [3.05, 3.63) is 0 Å². The van der Waals surface area contributed by atoms with Crippen molar-refractivity contribution in [3.63, 3.8) is 0 Å². The number of nitrogens with zero attached hydrogens (tertiary/aromatic N) is 3. The summed E-state index contributed by atoms with van der Waals surface area (Å²) >= 11 is 0. The van der Waals surface area contributed by atoms with Crippen LogP contribution in [0.15, 0.2) is 10.3 Å². The Morgan fingerprint density at radius 3 is 1.94 bits per heavy atom. The van der Waals surface area contributed by atoms with E-state index in [1.807, 2.05) is 0 Å². The Hall–Kier alpha value is -0.800. The van der Waals surface area contributed by atoms with Gasteiger partial charge in [-0.1, -0.05) is 5.22 Å². The fourth-order valence-electron chi connectivity index (χ4n) is 1.32. The van der Waals surface area contributed by atoms with Gasteiger partial charge in [-0.3, -0.25) is 0 Å². The Balaban J connectivity index is 3.66. The van der Waals surface area contributed by atoms with Crippen molar-refractivity contribution >= 4 is 0 Å². The van der Waals surface area contributed by atoms with Gasteiger partial charge in [-0.2, -0.15) is 5.11 Å². The van der Waals surface area contributed by atoms with Crippen molar-refractivity contribution in [2.24, 2.45) is 28.0 Å². The van der Waals surface area contributed by atoms with Crippen LogP contribution in [0.2, 0.25) is 0 Å². The van der Waals surface area contributed by atoms with Crippen molar-refractivity contribution in [2.75, 3.05) is 39.4 Å². The molecule has 0 aromatic heterocycles. The average Bonchev–Trinajstić information content (AvgIpc) is 2.29. The summed E-state index contributed by atoms with van der Waals surface area (Å²) in [6, 6.07) is 0. The molecule has 0 aromatic carbocycles. The van der Waals surface area contributed by atoms with Gasteiger partial charge >= 0.3 is 0 Å². The van der Waals surface area contributed by atoms with Crippen LogP contribution in [0, 0.1) is 0 Å². The highest BCUT2D eigenvalue weighted by atomic mass is 16.6. The number of rotatable bonds is 11. The molecule has 0 aromatic rings. The summed E-state index contributed by atoms with van der Waals surface area (Å²) in [6.45, 7) is 4.26. The molecule has 0 heterocycles. The van der Waals surface area contributed by atoms with Crippen molar-refractivity contribution in [2.45, 2.75) is 12.8 Å². The second kappa shape index (κ2) is 12.3. The molecule has 0 saturated heterocycles. The largest absolute Gasteiger partial charge is 0.305 e. The van der Waals surface area contributed by atoms with Gasteiger partial charge in [0.2, 0.25) is 0 Å². The van der Waals surface area contributed by atoms with Crippen LogP contribution < -0.4 is 17.6 Å². The van der Waals surface area contributed by atoms with Crippen LogP contribution in [0.5, 0.6) is 0 Å². The van der Waals surface area contributed by atoms with Crippen LogP contribution in [0.1, 0.15) is 12.8 Å². The van der Waals surface area contributed by atoms with Crippen molar-refractivity contribution < 1.29 is 9.68 Å². The van der Waals surface area contributed by atoms with Gasteiger partial charge in [-0.15, -0.1) is 0 Å². The van der Waals surface area contributed by atoms with Gasteiger partial charge in [0.1, 0.15) is 0 Å². The first kappa shape index (κ1) is 15.2. The number of hydrogen-bond acceptors (Lipinski definition) is 7. The summed E-state index contributed by atoms with van der Waals surface area (Å²) < 4.78 is 0. The molecule has 0 atom stereocenters. The maximum absolute atomic E-state index is 4.95. The first-order valence-electron chi connectivity index (χ1n) is 5.27. The van der Waals surface area contributed by atoms with E-state index in [9.17, 15) is 0 Å². The molecular weight excluding hydrogens is 212 g/mol. The topological polar surface area (TPSA) is 124 Å². The van der Waals surface area contributed by atoms with Gasteiger partial charge in [0, 0.05) is 19.6 Å². The average molecular weight is 234 g/mol. The normalized spacial score (nSPS) is 11.7. The standard InChI is InChI=1S/C8H22N6O2/c9-13-12-3-6-14(4-1-7-15-10)5-2-8-16-11/h1-8,10-11H2,(H2,9,12). The predicted molar refractivity (Wildman–Crippen MR) is 59.9 cm³/mol. The highest BCUT2D eigenvalue weighted by Crippen LogP contribution is 1.95. The minimum atomic E-state index is 0.544. The minimum absolute atomic E-state index is 0.544. The van der Waals surface area contributed by atoms with Crippen molar-refractivity contribution in [1.82, 2.24) is 4.90 Å². The maximum atomic E-state index is 4.95. The fraction of sp³-hybridized carbons (Fsp3) is 1.00. The summed E-state index contributed by atoms with van der Waals surface area (Å²) in [5, 5.41) is 6.93. The second-order valence-corrected chi connectivity index (χ2v) is 3.27. The van der Waals surface area contributed by atoms with Gasteiger partial charge in [0.25, 0.3) is 0 Å². The Kier molecular flexibility index (Phi) is 11.7. The van der Waals surface area contributed by atoms with E-state index >= 15 is 0 Å². The van der Waals surface area contributed by atoms with Crippen LogP contribution in [0.4, 0.5) is 0 Å². The third-order valence-corrected chi connectivity index (χ3v) is 2.07. The Bertz CT molecular complexity index is 159. The second-order valence-electron chi connectivity index (χ2n) is 3.27. The molecule has 0 radical (unpaired) electrons. The lowest BCUT2D eigenvalue weighted by atomic mass is 10.3. The summed E-state index contributed by atoms with van der Waals surface area (Å²) in [4.78, 5) is 11.2. The van der Waals surface area contributed by atoms with E-state index in [4.69, 9.17) is 17.6 Å². The SMILES string of the molecule is NN=NCCN(CCCON)CCCON. The fourth-order valence-corrected chi connectivity index (χ4v) is 1.32. The highest BCUT2D eigenvalue weighted by molar-refractivity contribution is 4.59. The molecule has 0 aliphatic rings. The summed E-state index contributed by atoms with van der Waals surface area (Å²) in [7, 11) is 0. The molecule has 0 amide bonds. The lowest BCUT2D eigenvalue weighted by Gasteiger charge is -2.20. The van der Waals surface area contributed by atoms with Gasteiger partial charge in [0.05, 0.1) is 19.8 Å². The molecule has 0 spiro atoms. The van der Waals surface area contributed by atoms with Crippen LogP contribution in [0.3, 0.4) is 0 Å². The monoisotopic (exact) mass is 234 g/mol. The lowest BCUT2D eigenvalue weighted by molar-refractivity contribution is 0.110. The summed E-state index contributed by atoms with van der Waals surface area (Å²) in [6.07, 6.45) is 1.75. The molecule has 0 unspecified atom stereocenters. The molecular formula is C8H22N6O2. The van der Waals surface area contributed by atoms with Gasteiger partial charge in [-0.25, -0.2) is 11.8 Å². The zero-order valence-corrected chi connectivity index (χ0v) is 9.55. The number of hydrogen-bond donors (Lipinski definition) is 3. The summed E-state index contributed by atoms with van der Waals surface area (Å²) in [5.74, 6) is 14.8. The third-order valence-electron chi connectivity index (χ3n) is 2.07. The quantitative estimate of drug-likeness (QED) is 0.185. The van der Waals surface area contributed by atoms with Crippen LogP contribution in [0.25, 0.3) is 0 Å². The summed E-state index contributed by atoms with van der Waals surface area (Å²) in [5.41, 5.74) is 0. The van der Waals surface area contributed by atoms with Gasteiger partial charge in [0.15, 0.2) is 0 Å². The third kappa shape index (κ3) is 9.74. The first-order valence-corrected chi connectivity index (χ1v) is 5.27. The molecule has 0 fully saturated rings. The Labute approximate surface area is 95.6 Å². The van der Waals surface area contributed by atoms with Gasteiger partial charge in [-0.05, 0) is 12.8 Å². The highest BCUT2D eigenvalue weighted by Gasteiger charge is 2.03. The Morgan fingerprint density at radius 2 is 1.50 bits per heavy atom.